The Kier molecular flexibility index (Phi) is 4.94. The normalized spacial score (nSPS) is 11.2. The molecule has 0 aliphatic carbocycles. The smallest absolute Gasteiger partial charge is 0.337 e. The fraction of sp³-hybridized carbons (Fsp3) is 0. The summed E-state index contributed by atoms with van der Waals surface area (Å²) < 4.78 is 0. The number of benzene rings is 3. The lowest BCUT2D eigenvalue weighted by molar-refractivity contribution is -0.112. The molecule has 1 amide bonds. The Labute approximate surface area is 151 Å². The molecule has 3 rings (SSSR count). The molecule has 0 unspecified atom stereocenters. The Balaban J connectivity index is 1.90. The maximum absolute atomic E-state index is 12.5. The van der Waals surface area contributed by atoms with Crippen molar-refractivity contribution < 1.29 is 14.7 Å². The van der Waals surface area contributed by atoms with Crippen molar-refractivity contribution in [3.63, 3.8) is 0 Å². The van der Waals surface area contributed by atoms with Gasteiger partial charge in [-0.05, 0) is 40.6 Å². The van der Waals surface area contributed by atoms with Gasteiger partial charge >= 0.3 is 5.97 Å². The lowest BCUT2D eigenvalue weighted by Crippen LogP contribution is -2.15. The van der Waals surface area contributed by atoms with E-state index in [1.807, 2.05) is 42.5 Å². The molecular weight excluding hydrogens is 326 g/mol. The number of rotatable bonds is 5. The summed E-state index contributed by atoms with van der Waals surface area (Å²) in [6, 6.07) is 20.1. The van der Waals surface area contributed by atoms with Crippen LogP contribution in [-0.4, -0.2) is 17.0 Å². The van der Waals surface area contributed by atoms with Gasteiger partial charge in [-0.1, -0.05) is 61.2 Å². The molecule has 4 heteroatoms. The summed E-state index contributed by atoms with van der Waals surface area (Å²) in [6.07, 6.45) is 3.17. The van der Waals surface area contributed by atoms with Gasteiger partial charge in [0.15, 0.2) is 0 Å². The molecule has 0 bridgehead atoms. The lowest BCUT2D eigenvalue weighted by atomic mass is 10.0. The van der Waals surface area contributed by atoms with Gasteiger partial charge in [-0.3, -0.25) is 4.79 Å². The summed E-state index contributed by atoms with van der Waals surface area (Å²) in [4.78, 5) is 23.8. The molecule has 128 valence electrons. The maximum Gasteiger partial charge on any atom is 0.337 e. The van der Waals surface area contributed by atoms with E-state index < -0.39 is 11.9 Å². The minimum Gasteiger partial charge on any atom is -0.478 e. The highest BCUT2D eigenvalue weighted by molar-refractivity contribution is 6.11. The number of para-hydroxylation sites is 1. The first kappa shape index (κ1) is 17.2. The standard InChI is InChI=1S/C22H17NO3/c1-2-16(13-15-11-12-17-7-3-4-8-18(17)14-15)21(24)23-20-10-6-5-9-19(20)22(25)26/h2-14H,1H2,(H,23,24)(H,25,26). The summed E-state index contributed by atoms with van der Waals surface area (Å²) in [7, 11) is 0. The molecule has 0 saturated heterocycles. The van der Waals surface area contributed by atoms with E-state index in [0.717, 1.165) is 16.3 Å². The number of carbonyl (C=O) groups is 2. The van der Waals surface area contributed by atoms with Gasteiger partial charge < -0.3 is 10.4 Å². The second kappa shape index (κ2) is 7.49. The average molecular weight is 343 g/mol. The molecule has 3 aromatic carbocycles. The van der Waals surface area contributed by atoms with E-state index in [2.05, 4.69) is 11.9 Å². The van der Waals surface area contributed by atoms with Gasteiger partial charge in [-0.25, -0.2) is 4.79 Å². The van der Waals surface area contributed by atoms with Crippen LogP contribution in [0.3, 0.4) is 0 Å². The first-order valence-corrected chi connectivity index (χ1v) is 8.05. The topological polar surface area (TPSA) is 66.4 Å². The van der Waals surface area contributed by atoms with E-state index in [4.69, 9.17) is 0 Å². The molecule has 4 nitrogen and oxygen atoms in total. The number of aromatic carboxylic acids is 1. The van der Waals surface area contributed by atoms with E-state index in [-0.39, 0.29) is 11.3 Å². The zero-order chi connectivity index (χ0) is 18.5. The minimum absolute atomic E-state index is 0.0370. The van der Waals surface area contributed by atoms with Crippen molar-refractivity contribution in [1.29, 1.82) is 0 Å². The van der Waals surface area contributed by atoms with E-state index in [1.165, 1.54) is 12.1 Å². The molecule has 0 aliphatic rings. The molecule has 26 heavy (non-hydrogen) atoms. The Morgan fingerprint density at radius 1 is 0.923 bits per heavy atom. The van der Waals surface area contributed by atoms with Crippen LogP contribution in [0.4, 0.5) is 5.69 Å². The molecule has 0 radical (unpaired) electrons. The van der Waals surface area contributed by atoms with E-state index in [9.17, 15) is 14.7 Å². The molecule has 0 fully saturated rings. The highest BCUT2D eigenvalue weighted by atomic mass is 16.4. The van der Waals surface area contributed by atoms with Gasteiger partial charge in [0.05, 0.1) is 11.3 Å². The third kappa shape index (κ3) is 3.70. The largest absolute Gasteiger partial charge is 0.478 e. The van der Waals surface area contributed by atoms with Crippen LogP contribution in [0.5, 0.6) is 0 Å². The van der Waals surface area contributed by atoms with Crippen LogP contribution in [0.1, 0.15) is 15.9 Å². The van der Waals surface area contributed by atoms with Crippen molar-refractivity contribution in [2.24, 2.45) is 0 Å². The third-order valence-corrected chi connectivity index (χ3v) is 3.98. The fourth-order valence-electron chi connectivity index (χ4n) is 2.67. The van der Waals surface area contributed by atoms with Crippen LogP contribution >= 0.6 is 0 Å². The average Bonchev–Trinajstić information content (AvgIpc) is 2.66. The molecule has 3 aromatic rings. The number of fused-ring (bicyclic) bond motifs is 1. The molecular formula is C22H17NO3. The third-order valence-electron chi connectivity index (χ3n) is 3.98. The Hall–Kier alpha value is -3.66. The molecule has 0 spiro atoms. The molecule has 0 aromatic heterocycles. The van der Waals surface area contributed by atoms with Gasteiger partial charge in [0.25, 0.3) is 5.91 Å². The number of carboxylic acid groups (broad SMARTS) is 1. The first-order valence-electron chi connectivity index (χ1n) is 8.05. The van der Waals surface area contributed by atoms with Crippen molar-refractivity contribution in [1.82, 2.24) is 0 Å². The van der Waals surface area contributed by atoms with Crippen molar-refractivity contribution in [2.75, 3.05) is 5.32 Å². The van der Waals surface area contributed by atoms with Crippen LogP contribution in [-0.2, 0) is 4.79 Å². The minimum atomic E-state index is -1.10. The highest BCUT2D eigenvalue weighted by Crippen LogP contribution is 2.20. The monoisotopic (exact) mass is 343 g/mol. The SMILES string of the molecule is C=CC(=Cc1ccc2ccccc2c1)C(=O)Nc1ccccc1C(=O)O. The fourth-order valence-corrected chi connectivity index (χ4v) is 2.67. The Morgan fingerprint density at radius 2 is 1.62 bits per heavy atom. The van der Waals surface area contributed by atoms with E-state index >= 15 is 0 Å². The molecule has 2 N–H and O–H groups in total. The second-order valence-corrected chi connectivity index (χ2v) is 5.72. The van der Waals surface area contributed by atoms with Gasteiger partial charge in [-0.15, -0.1) is 0 Å². The summed E-state index contributed by atoms with van der Waals surface area (Å²) in [5, 5.41) is 14.1. The zero-order valence-electron chi connectivity index (χ0n) is 14.0. The molecule has 0 atom stereocenters. The quantitative estimate of drug-likeness (QED) is 0.519. The van der Waals surface area contributed by atoms with Crippen LogP contribution in [0, 0.1) is 0 Å². The van der Waals surface area contributed by atoms with Gasteiger partial charge in [0.1, 0.15) is 0 Å². The van der Waals surface area contributed by atoms with E-state index in [0.29, 0.717) is 5.57 Å². The Morgan fingerprint density at radius 3 is 2.35 bits per heavy atom. The van der Waals surface area contributed by atoms with Gasteiger partial charge in [0, 0.05) is 5.57 Å². The summed E-state index contributed by atoms with van der Waals surface area (Å²) in [5.41, 5.74) is 1.49. The number of carboxylic acids is 1. The number of amides is 1. The number of hydrogen-bond acceptors (Lipinski definition) is 2. The maximum atomic E-state index is 12.5. The van der Waals surface area contributed by atoms with Crippen molar-refractivity contribution in [2.45, 2.75) is 0 Å². The predicted molar refractivity (Wildman–Crippen MR) is 104 cm³/mol. The van der Waals surface area contributed by atoms with Crippen molar-refractivity contribution >= 4 is 34.4 Å². The van der Waals surface area contributed by atoms with Gasteiger partial charge in [-0.2, -0.15) is 0 Å². The van der Waals surface area contributed by atoms with Crippen LogP contribution in [0.2, 0.25) is 0 Å². The van der Waals surface area contributed by atoms with Crippen LogP contribution in [0.15, 0.2) is 85.0 Å². The second-order valence-electron chi connectivity index (χ2n) is 5.72. The van der Waals surface area contributed by atoms with Gasteiger partial charge in [0.2, 0.25) is 0 Å². The van der Waals surface area contributed by atoms with Crippen LogP contribution in [0.25, 0.3) is 16.8 Å². The van der Waals surface area contributed by atoms with Crippen molar-refractivity contribution in [3.05, 3.63) is 96.1 Å². The molecule has 0 saturated carbocycles. The summed E-state index contributed by atoms with van der Waals surface area (Å²) >= 11 is 0. The first-order chi connectivity index (χ1) is 12.6. The number of carbonyl (C=O) groups excluding carboxylic acids is 1. The lowest BCUT2D eigenvalue weighted by Gasteiger charge is -2.09. The summed E-state index contributed by atoms with van der Waals surface area (Å²) in [6.45, 7) is 3.69. The number of anilines is 1. The van der Waals surface area contributed by atoms with Crippen molar-refractivity contribution in [3.8, 4) is 0 Å². The molecule has 0 aliphatic heterocycles. The van der Waals surface area contributed by atoms with Crippen LogP contribution < -0.4 is 5.32 Å². The summed E-state index contributed by atoms with van der Waals surface area (Å²) in [5.74, 6) is -1.51. The predicted octanol–water partition coefficient (Wildman–Crippen LogP) is 4.75. The zero-order valence-corrected chi connectivity index (χ0v) is 14.0. The molecule has 0 heterocycles. The van der Waals surface area contributed by atoms with E-state index in [1.54, 1.807) is 24.3 Å². The Bertz CT molecular complexity index is 1030. The number of nitrogens with one attached hydrogen (secondary N) is 1. The highest BCUT2D eigenvalue weighted by Gasteiger charge is 2.13. The number of hydrogen-bond donors (Lipinski definition) is 2.